The molecule has 0 aromatic heterocycles. The monoisotopic (exact) mass is 292 g/mol. The second-order valence-corrected chi connectivity index (χ2v) is 5.72. The van der Waals surface area contributed by atoms with E-state index in [1.54, 1.807) is 7.11 Å². The molecule has 1 heterocycles. The average molecular weight is 292 g/mol. The van der Waals surface area contributed by atoms with Crippen molar-refractivity contribution in [2.24, 2.45) is 0 Å². The van der Waals surface area contributed by atoms with Crippen molar-refractivity contribution in [3.8, 4) is 5.75 Å². The van der Waals surface area contributed by atoms with Crippen LogP contribution in [-0.2, 0) is 17.8 Å². The van der Waals surface area contributed by atoms with Crippen molar-refractivity contribution in [2.75, 3.05) is 33.4 Å². The van der Waals surface area contributed by atoms with Crippen LogP contribution in [0.2, 0.25) is 0 Å². The lowest BCUT2D eigenvalue weighted by molar-refractivity contribution is 0.0341. The van der Waals surface area contributed by atoms with Gasteiger partial charge in [-0.3, -0.25) is 4.90 Å². The Kier molecular flexibility index (Phi) is 6.49. The van der Waals surface area contributed by atoms with E-state index in [9.17, 15) is 0 Å². The second-order valence-electron chi connectivity index (χ2n) is 5.72. The van der Waals surface area contributed by atoms with Crippen LogP contribution >= 0.6 is 0 Å². The summed E-state index contributed by atoms with van der Waals surface area (Å²) in [5.41, 5.74) is 2.53. The van der Waals surface area contributed by atoms with Crippen LogP contribution in [0.1, 0.15) is 31.4 Å². The van der Waals surface area contributed by atoms with Gasteiger partial charge in [-0.2, -0.15) is 0 Å². The summed E-state index contributed by atoms with van der Waals surface area (Å²) in [7, 11) is 1.75. The molecular weight excluding hydrogens is 264 g/mol. The quantitative estimate of drug-likeness (QED) is 0.837. The van der Waals surface area contributed by atoms with Gasteiger partial charge in [-0.05, 0) is 25.0 Å². The van der Waals surface area contributed by atoms with Crippen molar-refractivity contribution >= 4 is 0 Å². The molecule has 0 bridgehead atoms. The first-order valence-corrected chi connectivity index (χ1v) is 7.92. The maximum absolute atomic E-state index is 5.56. The molecular formula is C17H28N2O2. The van der Waals surface area contributed by atoms with Gasteiger partial charge in [0.1, 0.15) is 5.75 Å². The van der Waals surface area contributed by atoms with E-state index in [-0.39, 0.29) is 0 Å². The Morgan fingerprint density at radius 3 is 2.76 bits per heavy atom. The number of nitrogens with one attached hydrogen (secondary N) is 1. The highest BCUT2D eigenvalue weighted by Gasteiger charge is 2.12. The Hall–Kier alpha value is -1.10. The summed E-state index contributed by atoms with van der Waals surface area (Å²) in [6.07, 6.45) is 1.14. The molecule has 1 fully saturated rings. The summed E-state index contributed by atoms with van der Waals surface area (Å²) in [4.78, 5) is 2.43. The Morgan fingerprint density at radius 2 is 2.10 bits per heavy atom. The Morgan fingerprint density at radius 1 is 1.33 bits per heavy atom. The van der Waals surface area contributed by atoms with E-state index in [0.717, 1.165) is 51.6 Å². The van der Waals surface area contributed by atoms with Gasteiger partial charge in [0.15, 0.2) is 0 Å². The molecule has 1 saturated heterocycles. The molecule has 4 nitrogen and oxygen atoms in total. The third kappa shape index (κ3) is 4.99. The third-order valence-corrected chi connectivity index (χ3v) is 4.11. The summed E-state index contributed by atoms with van der Waals surface area (Å²) < 4.78 is 10.9. The van der Waals surface area contributed by atoms with E-state index in [1.165, 1.54) is 11.1 Å². The molecule has 1 aliphatic rings. The van der Waals surface area contributed by atoms with Gasteiger partial charge in [0.2, 0.25) is 0 Å². The van der Waals surface area contributed by atoms with E-state index in [2.05, 4.69) is 42.3 Å². The van der Waals surface area contributed by atoms with Crippen LogP contribution < -0.4 is 10.1 Å². The molecule has 1 aromatic rings. The smallest absolute Gasteiger partial charge is 0.123 e. The first-order valence-electron chi connectivity index (χ1n) is 7.92. The summed E-state index contributed by atoms with van der Waals surface area (Å²) in [6.45, 7) is 9.94. The zero-order chi connectivity index (χ0) is 15.1. The van der Waals surface area contributed by atoms with Gasteiger partial charge in [-0.15, -0.1) is 0 Å². The summed E-state index contributed by atoms with van der Waals surface area (Å²) >= 11 is 0. The standard InChI is InChI=1S/C17H28N2O2/c1-4-14(2)18-12-16-6-5-15(11-17(16)20-3)13-19-7-9-21-10-8-19/h5-6,11,14,18H,4,7-10,12-13H2,1-3H3. The molecule has 0 radical (unpaired) electrons. The van der Waals surface area contributed by atoms with Gasteiger partial charge in [0.05, 0.1) is 20.3 Å². The fourth-order valence-corrected chi connectivity index (χ4v) is 2.48. The van der Waals surface area contributed by atoms with Crippen LogP contribution in [0.5, 0.6) is 5.75 Å². The summed E-state index contributed by atoms with van der Waals surface area (Å²) in [5.74, 6) is 0.983. The maximum Gasteiger partial charge on any atom is 0.123 e. The second kappa shape index (κ2) is 8.37. The number of ether oxygens (including phenoxy) is 2. The van der Waals surface area contributed by atoms with Crippen LogP contribution in [0.3, 0.4) is 0 Å². The molecule has 1 atom stereocenters. The maximum atomic E-state index is 5.56. The molecule has 0 amide bonds. The topological polar surface area (TPSA) is 33.7 Å². The summed E-state index contributed by atoms with van der Waals surface area (Å²) in [5, 5.41) is 3.52. The van der Waals surface area contributed by atoms with Gasteiger partial charge in [0, 0.05) is 37.8 Å². The number of nitrogens with zero attached hydrogens (tertiary/aromatic N) is 1. The molecule has 0 saturated carbocycles. The molecule has 4 heteroatoms. The largest absolute Gasteiger partial charge is 0.496 e. The van der Waals surface area contributed by atoms with Crippen molar-refractivity contribution in [1.82, 2.24) is 10.2 Å². The molecule has 21 heavy (non-hydrogen) atoms. The Balaban J connectivity index is 1.97. The summed E-state index contributed by atoms with van der Waals surface area (Å²) in [6, 6.07) is 7.10. The number of morpholine rings is 1. The zero-order valence-electron chi connectivity index (χ0n) is 13.5. The number of hydrogen-bond donors (Lipinski definition) is 1. The fourth-order valence-electron chi connectivity index (χ4n) is 2.48. The first kappa shape index (κ1) is 16.3. The van der Waals surface area contributed by atoms with Gasteiger partial charge in [0.25, 0.3) is 0 Å². The van der Waals surface area contributed by atoms with Crippen LogP contribution in [0.4, 0.5) is 0 Å². The molecule has 1 aromatic carbocycles. The Bertz CT molecular complexity index is 431. The number of hydrogen-bond acceptors (Lipinski definition) is 4. The number of benzene rings is 1. The van der Waals surface area contributed by atoms with E-state index in [1.807, 2.05) is 0 Å². The normalized spacial score (nSPS) is 17.7. The van der Waals surface area contributed by atoms with Crippen LogP contribution in [0.15, 0.2) is 18.2 Å². The van der Waals surface area contributed by atoms with E-state index >= 15 is 0 Å². The molecule has 2 rings (SSSR count). The number of methoxy groups -OCH3 is 1. The lowest BCUT2D eigenvalue weighted by Gasteiger charge is -2.26. The highest BCUT2D eigenvalue weighted by atomic mass is 16.5. The van der Waals surface area contributed by atoms with Gasteiger partial charge < -0.3 is 14.8 Å². The molecule has 1 N–H and O–H groups in total. The predicted molar refractivity (Wildman–Crippen MR) is 85.7 cm³/mol. The van der Waals surface area contributed by atoms with Gasteiger partial charge in [-0.25, -0.2) is 0 Å². The van der Waals surface area contributed by atoms with Crippen LogP contribution in [0, 0.1) is 0 Å². The van der Waals surface area contributed by atoms with Crippen molar-refractivity contribution in [3.05, 3.63) is 29.3 Å². The van der Waals surface area contributed by atoms with Crippen molar-refractivity contribution < 1.29 is 9.47 Å². The predicted octanol–water partition coefficient (Wildman–Crippen LogP) is 2.42. The first-order chi connectivity index (χ1) is 10.2. The number of rotatable bonds is 7. The van der Waals surface area contributed by atoms with E-state index in [0.29, 0.717) is 6.04 Å². The van der Waals surface area contributed by atoms with E-state index < -0.39 is 0 Å². The molecule has 0 spiro atoms. The highest BCUT2D eigenvalue weighted by molar-refractivity contribution is 5.37. The fraction of sp³-hybridized carbons (Fsp3) is 0.647. The minimum absolute atomic E-state index is 0.530. The van der Waals surface area contributed by atoms with E-state index in [4.69, 9.17) is 9.47 Å². The average Bonchev–Trinajstić information content (AvgIpc) is 2.54. The van der Waals surface area contributed by atoms with Gasteiger partial charge in [-0.1, -0.05) is 19.1 Å². The highest BCUT2D eigenvalue weighted by Crippen LogP contribution is 2.21. The van der Waals surface area contributed by atoms with Crippen LogP contribution in [0.25, 0.3) is 0 Å². The molecule has 1 unspecified atom stereocenters. The van der Waals surface area contributed by atoms with Crippen LogP contribution in [-0.4, -0.2) is 44.4 Å². The third-order valence-electron chi connectivity index (χ3n) is 4.11. The van der Waals surface area contributed by atoms with Crippen molar-refractivity contribution in [2.45, 2.75) is 39.4 Å². The lowest BCUT2D eigenvalue weighted by atomic mass is 10.1. The Labute approximate surface area is 128 Å². The molecule has 0 aliphatic carbocycles. The SMILES string of the molecule is CCC(C)NCc1ccc(CN2CCOCC2)cc1OC. The minimum atomic E-state index is 0.530. The molecule has 1 aliphatic heterocycles. The minimum Gasteiger partial charge on any atom is -0.496 e. The van der Waals surface area contributed by atoms with Gasteiger partial charge >= 0.3 is 0 Å². The van der Waals surface area contributed by atoms with Crippen molar-refractivity contribution in [1.29, 1.82) is 0 Å². The lowest BCUT2D eigenvalue weighted by Crippen LogP contribution is -2.35. The van der Waals surface area contributed by atoms with Crippen molar-refractivity contribution in [3.63, 3.8) is 0 Å². The zero-order valence-corrected chi connectivity index (χ0v) is 13.5. The molecule has 118 valence electrons.